The Morgan fingerprint density at radius 1 is 1.00 bits per heavy atom. The van der Waals surface area contributed by atoms with Gasteiger partial charge in [0.2, 0.25) is 0 Å². The molecule has 0 aromatic rings. The molecule has 3 fully saturated rings. The Balaban J connectivity index is 1.63. The van der Waals surface area contributed by atoms with Crippen LogP contribution in [0.25, 0.3) is 0 Å². The first-order chi connectivity index (χ1) is 16.2. The van der Waals surface area contributed by atoms with Gasteiger partial charge in [0.05, 0.1) is 25.2 Å². The molecule has 0 aliphatic heterocycles. The molecule has 9 atom stereocenters. The zero-order chi connectivity index (χ0) is 25.7. The number of aliphatic hydroxyl groups is 2. The number of carbonyl (C=O) groups is 1. The van der Waals surface area contributed by atoms with Crippen molar-refractivity contribution in [2.24, 2.45) is 44.3 Å². The van der Waals surface area contributed by atoms with Crippen LogP contribution in [0, 0.1) is 44.3 Å². The fourth-order valence-electron chi connectivity index (χ4n) is 10.1. The summed E-state index contributed by atoms with van der Waals surface area (Å²) in [5.74, 6) is 0.665. The largest absolute Gasteiger partial charge is 0.469 e. The summed E-state index contributed by atoms with van der Waals surface area (Å²) in [5.41, 5.74) is 2.55. The Morgan fingerprint density at radius 3 is 2.34 bits per heavy atom. The molecule has 0 aromatic carbocycles. The summed E-state index contributed by atoms with van der Waals surface area (Å²) in [7, 11) is 1.52. The van der Waals surface area contributed by atoms with Gasteiger partial charge in [0.1, 0.15) is 0 Å². The third-order valence-electron chi connectivity index (χ3n) is 13.0. The van der Waals surface area contributed by atoms with Crippen molar-refractivity contribution in [3.63, 3.8) is 0 Å². The summed E-state index contributed by atoms with van der Waals surface area (Å²) in [4.78, 5) is 12.8. The van der Waals surface area contributed by atoms with Gasteiger partial charge in [0, 0.05) is 5.41 Å². The van der Waals surface area contributed by atoms with Gasteiger partial charge in [0.25, 0.3) is 0 Å². The third-order valence-corrected chi connectivity index (χ3v) is 13.0. The molecule has 0 bridgehead atoms. The van der Waals surface area contributed by atoms with Gasteiger partial charge < -0.3 is 14.9 Å². The van der Waals surface area contributed by atoms with E-state index in [1.165, 1.54) is 31.1 Å². The van der Waals surface area contributed by atoms with Crippen LogP contribution in [0.4, 0.5) is 0 Å². The van der Waals surface area contributed by atoms with E-state index in [4.69, 9.17) is 4.74 Å². The Kier molecular flexibility index (Phi) is 5.61. The van der Waals surface area contributed by atoms with Crippen molar-refractivity contribution >= 4 is 5.97 Å². The van der Waals surface area contributed by atoms with E-state index in [1.807, 2.05) is 0 Å². The third kappa shape index (κ3) is 3.08. The Hall–Kier alpha value is -1.13. The number of hydrogen-bond donors (Lipinski definition) is 2. The van der Waals surface area contributed by atoms with Gasteiger partial charge in [0.15, 0.2) is 0 Å². The molecule has 0 heterocycles. The monoisotopic (exact) mass is 484 g/mol. The molecule has 0 saturated heterocycles. The second kappa shape index (κ2) is 7.69. The summed E-state index contributed by atoms with van der Waals surface area (Å²) >= 11 is 0. The van der Waals surface area contributed by atoms with E-state index in [1.54, 1.807) is 0 Å². The highest BCUT2D eigenvalue weighted by Gasteiger charge is 2.67. The van der Waals surface area contributed by atoms with Crippen LogP contribution in [0.2, 0.25) is 0 Å². The van der Waals surface area contributed by atoms with Crippen molar-refractivity contribution in [3.05, 3.63) is 23.3 Å². The van der Waals surface area contributed by atoms with Gasteiger partial charge in [-0.3, -0.25) is 4.79 Å². The number of aliphatic hydroxyl groups excluding tert-OH is 2. The topological polar surface area (TPSA) is 66.8 Å². The number of allylic oxidation sites excluding steroid dienone is 4. The maximum absolute atomic E-state index is 12.8. The quantitative estimate of drug-likeness (QED) is 0.457. The Morgan fingerprint density at radius 2 is 1.69 bits per heavy atom. The van der Waals surface area contributed by atoms with E-state index in [-0.39, 0.29) is 34.2 Å². The van der Waals surface area contributed by atoms with Gasteiger partial charge in [-0.25, -0.2) is 0 Å². The van der Waals surface area contributed by atoms with Gasteiger partial charge in [-0.05, 0) is 104 Å². The highest BCUT2D eigenvalue weighted by molar-refractivity contribution is 5.77. The predicted molar refractivity (Wildman–Crippen MR) is 138 cm³/mol. The van der Waals surface area contributed by atoms with Crippen molar-refractivity contribution in [1.82, 2.24) is 0 Å². The summed E-state index contributed by atoms with van der Waals surface area (Å²) in [5, 5.41) is 21.3. The molecule has 0 spiro atoms. The minimum atomic E-state index is -0.438. The number of hydrogen-bond acceptors (Lipinski definition) is 4. The molecule has 196 valence electrons. The average molecular weight is 485 g/mol. The smallest absolute Gasteiger partial charge is 0.311 e. The molecule has 0 radical (unpaired) electrons. The number of ether oxygens (including phenoxy) is 1. The van der Waals surface area contributed by atoms with Gasteiger partial charge in [-0.1, -0.05) is 52.3 Å². The van der Waals surface area contributed by atoms with Crippen molar-refractivity contribution in [3.8, 4) is 0 Å². The maximum Gasteiger partial charge on any atom is 0.311 e. The maximum atomic E-state index is 12.8. The molecule has 0 amide bonds. The van der Waals surface area contributed by atoms with Crippen molar-refractivity contribution in [2.45, 2.75) is 105 Å². The second-order valence-corrected chi connectivity index (χ2v) is 14.6. The summed E-state index contributed by atoms with van der Waals surface area (Å²) < 4.78 is 5.26. The molecule has 0 aromatic heterocycles. The minimum absolute atomic E-state index is 0.0542. The van der Waals surface area contributed by atoms with Crippen molar-refractivity contribution in [1.29, 1.82) is 0 Å². The van der Waals surface area contributed by atoms with E-state index in [2.05, 4.69) is 53.7 Å². The normalized spacial score (nSPS) is 53.2. The van der Waals surface area contributed by atoms with Gasteiger partial charge in [-0.2, -0.15) is 0 Å². The summed E-state index contributed by atoms with van der Waals surface area (Å²) in [6.45, 7) is 14.2. The molecule has 0 unspecified atom stereocenters. The SMILES string of the molecule is COC(=O)[C@@]1(C)CC[C@]2(C)CC[C@]3(C)C(=C2C1)C=C[C@@H]1[C@@]2(C)CC[C@H](O)[C@](C)(CO)[C@@H]2CC[C@]13C. The molecular weight excluding hydrogens is 436 g/mol. The predicted octanol–water partition coefficient (Wildman–Crippen LogP) is 6.21. The number of rotatable bonds is 2. The second-order valence-electron chi connectivity index (χ2n) is 14.6. The summed E-state index contributed by atoms with van der Waals surface area (Å²) in [6, 6.07) is 0. The van der Waals surface area contributed by atoms with Crippen LogP contribution in [0.15, 0.2) is 23.3 Å². The van der Waals surface area contributed by atoms with E-state index in [0.717, 1.165) is 44.9 Å². The molecule has 2 N–H and O–H groups in total. The van der Waals surface area contributed by atoms with E-state index < -0.39 is 16.9 Å². The summed E-state index contributed by atoms with van der Waals surface area (Å²) in [6.07, 6.45) is 13.6. The molecular formula is C31H48O4. The van der Waals surface area contributed by atoms with E-state index in [9.17, 15) is 15.0 Å². The lowest BCUT2D eigenvalue weighted by molar-refractivity contribution is -0.198. The fraction of sp³-hybridized carbons (Fsp3) is 0.839. The Labute approximate surface area is 212 Å². The highest BCUT2D eigenvalue weighted by Crippen LogP contribution is 2.74. The van der Waals surface area contributed by atoms with Crippen LogP contribution in [-0.4, -0.2) is 36.0 Å². The van der Waals surface area contributed by atoms with E-state index >= 15 is 0 Å². The zero-order valence-electron chi connectivity index (χ0n) is 23.2. The van der Waals surface area contributed by atoms with Crippen molar-refractivity contribution < 1.29 is 19.7 Å². The van der Waals surface area contributed by atoms with Crippen LogP contribution in [0.1, 0.15) is 99.3 Å². The molecule has 4 heteroatoms. The molecule has 3 saturated carbocycles. The van der Waals surface area contributed by atoms with Gasteiger partial charge >= 0.3 is 5.97 Å². The number of fused-ring (bicyclic) bond motifs is 6. The molecule has 5 rings (SSSR count). The molecule has 5 aliphatic carbocycles. The van der Waals surface area contributed by atoms with Crippen LogP contribution in [-0.2, 0) is 9.53 Å². The number of methoxy groups -OCH3 is 1. The fourth-order valence-corrected chi connectivity index (χ4v) is 10.1. The highest BCUT2D eigenvalue weighted by atomic mass is 16.5. The van der Waals surface area contributed by atoms with E-state index in [0.29, 0.717) is 11.8 Å². The number of carbonyl (C=O) groups excluding carboxylic acids is 1. The standard InChI is InChI=1S/C31H48O4/c1-26-14-15-27(2,25(34)35-7)18-21(26)20-8-9-23-28(3)12-11-24(33)29(4,19-32)22(28)10-13-31(23,6)30(20,5)17-16-26/h8-9,22-24,32-33H,10-19H2,1-7H3/t22-,23-,24+,26-,27+,28+,29-,30-,31-/m1/s1. The lowest BCUT2D eigenvalue weighted by atomic mass is 9.35. The lowest BCUT2D eigenvalue weighted by Gasteiger charge is -2.69. The first-order valence-electron chi connectivity index (χ1n) is 14.0. The number of esters is 1. The average Bonchev–Trinajstić information content (AvgIpc) is 2.82. The van der Waals surface area contributed by atoms with Gasteiger partial charge in [-0.15, -0.1) is 0 Å². The minimum Gasteiger partial charge on any atom is -0.469 e. The van der Waals surface area contributed by atoms with Crippen molar-refractivity contribution in [2.75, 3.05) is 13.7 Å². The first-order valence-corrected chi connectivity index (χ1v) is 14.0. The van der Waals surface area contributed by atoms with Crippen LogP contribution in [0.3, 0.4) is 0 Å². The Bertz CT molecular complexity index is 982. The zero-order valence-corrected chi connectivity index (χ0v) is 23.2. The molecule has 5 aliphatic rings. The first kappa shape index (κ1) is 25.5. The van der Waals surface area contributed by atoms with Crippen LogP contribution >= 0.6 is 0 Å². The lowest BCUT2D eigenvalue weighted by Crippen LogP contribution is -2.64. The van der Waals surface area contributed by atoms with Crippen LogP contribution < -0.4 is 0 Å². The molecule has 4 nitrogen and oxygen atoms in total. The van der Waals surface area contributed by atoms with Crippen LogP contribution in [0.5, 0.6) is 0 Å². The molecule has 35 heavy (non-hydrogen) atoms.